The van der Waals surface area contributed by atoms with Crippen LogP contribution in [0.3, 0.4) is 0 Å². The van der Waals surface area contributed by atoms with Crippen molar-refractivity contribution in [1.82, 2.24) is 0 Å². The molecule has 1 aliphatic rings. The molecular formula is C16H26O6. The topological polar surface area (TPSA) is 82.1 Å². The second-order valence-electron chi connectivity index (χ2n) is 5.29. The van der Waals surface area contributed by atoms with E-state index in [2.05, 4.69) is 0 Å². The summed E-state index contributed by atoms with van der Waals surface area (Å²) in [6, 6.07) is 0. The Kier molecular flexibility index (Phi) is 7.55. The minimum atomic E-state index is -0.998. The van der Waals surface area contributed by atoms with Crippen LogP contribution in [0, 0.1) is 0 Å². The largest absolute Gasteiger partial charge is 0.463 e. The third-order valence-electron chi connectivity index (χ3n) is 3.62. The molecule has 0 bridgehead atoms. The zero-order chi connectivity index (χ0) is 16.7. The summed E-state index contributed by atoms with van der Waals surface area (Å²) in [7, 11) is 0. The summed E-state index contributed by atoms with van der Waals surface area (Å²) in [6.07, 6.45) is 0.770. The van der Waals surface area contributed by atoms with Gasteiger partial charge in [0.25, 0.3) is 0 Å². The smallest absolute Gasteiger partial charge is 0.333 e. The first-order valence-corrected chi connectivity index (χ1v) is 7.81. The molecule has 1 aliphatic carbocycles. The summed E-state index contributed by atoms with van der Waals surface area (Å²) in [6.45, 7) is 7.23. The first-order chi connectivity index (χ1) is 10.4. The third-order valence-corrected chi connectivity index (χ3v) is 3.62. The Morgan fingerprint density at radius 3 is 2.45 bits per heavy atom. The van der Waals surface area contributed by atoms with Gasteiger partial charge in [0.15, 0.2) is 0 Å². The Morgan fingerprint density at radius 2 is 1.95 bits per heavy atom. The number of hydrogen-bond acceptors (Lipinski definition) is 6. The van der Waals surface area contributed by atoms with Crippen LogP contribution in [0.15, 0.2) is 11.6 Å². The second-order valence-corrected chi connectivity index (χ2v) is 5.29. The van der Waals surface area contributed by atoms with Crippen LogP contribution in [-0.4, -0.2) is 48.1 Å². The van der Waals surface area contributed by atoms with E-state index < -0.39 is 30.3 Å². The molecule has 0 saturated carbocycles. The number of hydrogen-bond donors (Lipinski definition) is 1. The van der Waals surface area contributed by atoms with Crippen molar-refractivity contribution >= 4 is 11.9 Å². The molecule has 22 heavy (non-hydrogen) atoms. The number of esters is 2. The highest BCUT2D eigenvalue weighted by Gasteiger charge is 2.37. The zero-order valence-electron chi connectivity index (χ0n) is 13.7. The maximum atomic E-state index is 11.9. The molecule has 0 aliphatic heterocycles. The predicted octanol–water partition coefficient (Wildman–Crippen LogP) is 1.75. The molecule has 0 radical (unpaired) electrons. The first kappa shape index (κ1) is 18.6. The summed E-state index contributed by atoms with van der Waals surface area (Å²) in [4.78, 5) is 23.1. The Labute approximate surface area is 131 Å². The average Bonchev–Trinajstić information content (AvgIpc) is 2.47. The lowest BCUT2D eigenvalue weighted by Gasteiger charge is -2.34. The van der Waals surface area contributed by atoms with Gasteiger partial charge in [-0.1, -0.05) is 13.8 Å². The van der Waals surface area contributed by atoms with Gasteiger partial charge in [0, 0.05) is 18.9 Å². The Bertz CT molecular complexity index is 413. The van der Waals surface area contributed by atoms with Crippen molar-refractivity contribution in [3.8, 4) is 0 Å². The summed E-state index contributed by atoms with van der Waals surface area (Å²) < 4.78 is 16.0. The highest BCUT2D eigenvalue weighted by Crippen LogP contribution is 2.26. The van der Waals surface area contributed by atoms with Gasteiger partial charge in [-0.25, -0.2) is 4.79 Å². The Morgan fingerprint density at radius 1 is 1.32 bits per heavy atom. The monoisotopic (exact) mass is 314 g/mol. The number of carbonyl (C=O) groups is 2. The normalized spacial score (nSPS) is 24.8. The maximum absolute atomic E-state index is 11.9. The minimum absolute atomic E-state index is 0.0320. The molecule has 6 heteroatoms. The molecule has 0 fully saturated rings. The van der Waals surface area contributed by atoms with Crippen molar-refractivity contribution in [2.75, 3.05) is 6.61 Å². The quantitative estimate of drug-likeness (QED) is 0.721. The van der Waals surface area contributed by atoms with Gasteiger partial charge in [0.05, 0.1) is 12.7 Å². The van der Waals surface area contributed by atoms with E-state index in [1.807, 2.05) is 13.8 Å². The van der Waals surface area contributed by atoms with Gasteiger partial charge in [0.1, 0.15) is 18.3 Å². The number of aliphatic hydroxyl groups excluding tert-OH is 1. The standard InChI is InChI=1S/C16H26O6/c1-5-12(6-2)22-14-9-11(16(19)20-7-3)8-13(15(14)18)21-10(4)17/h9,12-15,18H,5-8H2,1-4H3. The highest BCUT2D eigenvalue weighted by atomic mass is 16.6. The van der Waals surface area contributed by atoms with Gasteiger partial charge in [-0.2, -0.15) is 0 Å². The van der Waals surface area contributed by atoms with Gasteiger partial charge < -0.3 is 19.3 Å². The van der Waals surface area contributed by atoms with E-state index in [1.165, 1.54) is 6.92 Å². The van der Waals surface area contributed by atoms with Gasteiger partial charge in [-0.05, 0) is 25.8 Å². The summed E-state index contributed by atoms with van der Waals surface area (Å²) in [5.74, 6) is -0.972. The molecule has 0 spiro atoms. The Hall–Kier alpha value is -1.40. The molecule has 0 aromatic heterocycles. The minimum Gasteiger partial charge on any atom is -0.463 e. The first-order valence-electron chi connectivity index (χ1n) is 7.81. The molecular weight excluding hydrogens is 288 g/mol. The van der Waals surface area contributed by atoms with Gasteiger partial charge in [-0.15, -0.1) is 0 Å². The Balaban J connectivity index is 2.95. The highest BCUT2D eigenvalue weighted by molar-refractivity contribution is 5.89. The fourth-order valence-corrected chi connectivity index (χ4v) is 2.44. The molecule has 126 valence electrons. The third kappa shape index (κ3) is 5.10. The van der Waals surface area contributed by atoms with E-state index in [0.717, 1.165) is 12.8 Å². The van der Waals surface area contributed by atoms with Crippen LogP contribution in [-0.2, 0) is 23.8 Å². The lowest BCUT2D eigenvalue weighted by atomic mass is 9.91. The van der Waals surface area contributed by atoms with E-state index in [1.54, 1.807) is 13.0 Å². The van der Waals surface area contributed by atoms with Crippen molar-refractivity contribution < 1.29 is 28.9 Å². The molecule has 0 aromatic carbocycles. The average molecular weight is 314 g/mol. The van der Waals surface area contributed by atoms with Crippen LogP contribution < -0.4 is 0 Å². The molecule has 1 rings (SSSR count). The van der Waals surface area contributed by atoms with E-state index in [-0.39, 0.29) is 19.1 Å². The van der Waals surface area contributed by atoms with E-state index >= 15 is 0 Å². The van der Waals surface area contributed by atoms with Crippen molar-refractivity contribution in [1.29, 1.82) is 0 Å². The number of rotatable bonds is 7. The van der Waals surface area contributed by atoms with Gasteiger partial charge in [-0.3, -0.25) is 4.79 Å². The molecule has 0 amide bonds. The fourth-order valence-electron chi connectivity index (χ4n) is 2.44. The fraction of sp³-hybridized carbons (Fsp3) is 0.750. The van der Waals surface area contributed by atoms with Crippen LogP contribution in [0.25, 0.3) is 0 Å². The lowest BCUT2D eigenvalue weighted by Crippen LogP contribution is -2.46. The molecule has 0 heterocycles. The van der Waals surface area contributed by atoms with Gasteiger partial charge >= 0.3 is 11.9 Å². The molecule has 0 aromatic rings. The predicted molar refractivity (Wildman–Crippen MR) is 80.1 cm³/mol. The number of ether oxygens (including phenoxy) is 3. The van der Waals surface area contributed by atoms with Crippen molar-refractivity contribution in [3.05, 3.63) is 11.6 Å². The molecule has 0 saturated heterocycles. The molecule has 1 N–H and O–H groups in total. The maximum Gasteiger partial charge on any atom is 0.333 e. The van der Waals surface area contributed by atoms with Crippen LogP contribution >= 0.6 is 0 Å². The lowest BCUT2D eigenvalue weighted by molar-refractivity contribution is -0.163. The van der Waals surface area contributed by atoms with Crippen LogP contribution in [0.4, 0.5) is 0 Å². The number of carbonyl (C=O) groups excluding carboxylic acids is 2. The summed E-state index contributed by atoms with van der Waals surface area (Å²) >= 11 is 0. The van der Waals surface area contributed by atoms with Crippen LogP contribution in [0.2, 0.25) is 0 Å². The van der Waals surface area contributed by atoms with Crippen molar-refractivity contribution in [2.24, 2.45) is 0 Å². The van der Waals surface area contributed by atoms with Crippen LogP contribution in [0.1, 0.15) is 47.0 Å². The van der Waals surface area contributed by atoms with Crippen LogP contribution in [0.5, 0.6) is 0 Å². The van der Waals surface area contributed by atoms with E-state index in [4.69, 9.17) is 14.2 Å². The van der Waals surface area contributed by atoms with Crippen molar-refractivity contribution in [2.45, 2.75) is 71.4 Å². The van der Waals surface area contributed by atoms with E-state index in [9.17, 15) is 14.7 Å². The van der Waals surface area contributed by atoms with E-state index in [0.29, 0.717) is 5.57 Å². The number of aliphatic hydroxyl groups is 1. The van der Waals surface area contributed by atoms with Crippen molar-refractivity contribution in [3.63, 3.8) is 0 Å². The van der Waals surface area contributed by atoms with Gasteiger partial charge in [0.2, 0.25) is 0 Å². The summed E-state index contributed by atoms with van der Waals surface area (Å²) in [5.41, 5.74) is 0.370. The molecule has 6 nitrogen and oxygen atoms in total. The second kappa shape index (κ2) is 8.90. The molecule has 3 unspecified atom stereocenters. The summed E-state index contributed by atoms with van der Waals surface area (Å²) in [5, 5.41) is 10.3. The molecule has 3 atom stereocenters. The zero-order valence-corrected chi connectivity index (χ0v) is 13.7. The SMILES string of the molecule is CCOC(=O)C1=CC(OC(CC)CC)C(O)C(OC(C)=O)C1.